The Balaban J connectivity index is 2.28. The average Bonchev–Trinajstić information content (AvgIpc) is 2.71. The highest BCUT2D eigenvalue weighted by Gasteiger charge is 2.35. The second-order valence-electron chi connectivity index (χ2n) is 6.77. The predicted molar refractivity (Wildman–Crippen MR) is 101 cm³/mol. The van der Waals surface area contributed by atoms with Crippen LogP contribution in [0.2, 0.25) is 0 Å². The molecule has 2 aromatic rings. The first-order chi connectivity index (χ1) is 14.2. The topological polar surface area (TPSA) is 138 Å². The number of methoxy groups -OCH3 is 1. The summed E-state index contributed by atoms with van der Waals surface area (Å²) >= 11 is 0. The van der Waals surface area contributed by atoms with Crippen molar-refractivity contribution in [1.29, 1.82) is 0 Å². The quantitative estimate of drug-likeness (QED) is 0.367. The van der Waals surface area contributed by atoms with E-state index in [0.29, 0.717) is 0 Å². The van der Waals surface area contributed by atoms with Crippen molar-refractivity contribution in [2.45, 2.75) is 26.2 Å². The number of rotatable bonds is 6. The Bertz CT molecular complexity index is 1130. The number of aromatic hydroxyl groups is 1. The van der Waals surface area contributed by atoms with E-state index in [-0.39, 0.29) is 28.7 Å². The Morgan fingerprint density at radius 1 is 1.07 bits per heavy atom. The van der Waals surface area contributed by atoms with Gasteiger partial charge in [-0.2, -0.15) is 0 Å². The Hall–Kier alpha value is -3.81. The van der Waals surface area contributed by atoms with Gasteiger partial charge in [0.25, 0.3) is 0 Å². The van der Waals surface area contributed by atoms with Crippen LogP contribution in [0.4, 0.5) is 0 Å². The maximum atomic E-state index is 13.2. The fourth-order valence-electron chi connectivity index (χ4n) is 3.42. The molecule has 0 saturated carbocycles. The third-order valence-electron chi connectivity index (χ3n) is 4.94. The third kappa shape index (κ3) is 3.36. The van der Waals surface area contributed by atoms with E-state index in [1.807, 2.05) is 0 Å². The third-order valence-corrected chi connectivity index (χ3v) is 4.94. The highest BCUT2D eigenvalue weighted by atomic mass is 16.5. The van der Waals surface area contributed by atoms with Crippen LogP contribution in [0.15, 0.2) is 24.3 Å². The molecule has 0 bridgehead atoms. The van der Waals surface area contributed by atoms with Crippen LogP contribution in [-0.4, -0.2) is 41.3 Å². The summed E-state index contributed by atoms with van der Waals surface area (Å²) in [6, 6.07) is 5.06. The number of hydrogen-bond donors (Lipinski definition) is 1. The Kier molecular flexibility index (Phi) is 5.51. The van der Waals surface area contributed by atoms with Crippen LogP contribution in [0, 0.1) is 0 Å². The summed E-state index contributed by atoms with van der Waals surface area (Å²) in [5.74, 6) is -5.15. The summed E-state index contributed by atoms with van der Waals surface area (Å²) < 4.78 is 4.59. The molecule has 154 valence electrons. The Labute approximate surface area is 171 Å². The summed E-state index contributed by atoms with van der Waals surface area (Å²) in [5, 5.41) is 23.2. The molecule has 0 fully saturated rings. The lowest BCUT2D eigenvalue weighted by atomic mass is 9.79. The average molecular weight is 409 g/mol. The number of carbonyl (C=O) groups is 5. The largest absolute Gasteiger partial charge is 0.871 e. The molecular formula is C22H17O8-. The van der Waals surface area contributed by atoms with Crippen molar-refractivity contribution in [1.82, 2.24) is 0 Å². The molecule has 0 spiro atoms. The minimum Gasteiger partial charge on any atom is -0.871 e. The molecule has 0 saturated heterocycles. The van der Waals surface area contributed by atoms with Crippen LogP contribution in [-0.2, 0) is 20.7 Å². The number of ketones is 4. The van der Waals surface area contributed by atoms with Gasteiger partial charge >= 0.3 is 5.97 Å². The second-order valence-corrected chi connectivity index (χ2v) is 6.77. The summed E-state index contributed by atoms with van der Waals surface area (Å²) in [5.41, 5.74) is -1.83. The first-order valence-electron chi connectivity index (χ1n) is 9.11. The number of phenols is 1. The first-order valence-corrected chi connectivity index (χ1v) is 9.11. The lowest BCUT2D eigenvalue weighted by molar-refractivity contribution is -0.269. The summed E-state index contributed by atoms with van der Waals surface area (Å²) in [4.78, 5) is 62.1. The zero-order valence-corrected chi connectivity index (χ0v) is 16.2. The molecule has 0 aliphatic heterocycles. The van der Waals surface area contributed by atoms with Crippen molar-refractivity contribution in [3.05, 3.63) is 57.6 Å². The smallest absolute Gasteiger partial charge is 0.310 e. The van der Waals surface area contributed by atoms with Crippen LogP contribution in [0.5, 0.6) is 11.5 Å². The van der Waals surface area contributed by atoms with Crippen molar-refractivity contribution in [2.24, 2.45) is 0 Å². The molecule has 0 atom stereocenters. The minimum atomic E-state index is -1.05. The Morgan fingerprint density at radius 2 is 1.77 bits per heavy atom. The van der Waals surface area contributed by atoms with Gasteiger partial charge in [0, 0.05) is 28.7 Å². The van der Waals surface area contributed by atoms with Crippen molar-refractivity contribution in [2.75, 3.05) is 7.11 Å². The summed E-state index contributed by atoms with van der Waals surface area (Å²) in [7, 11) is 1.12. The number of fused-ring (bicyclic) bond motifs is 2. The second kappa shape index (κ2) is 7.90. The number of carbonyl (C=O) groups excluding carboxylic acids is 5. The maximum absolute atomic E-state index is 13.2. The van der Waals surface area contributed by atoms with Gasteiger partial charge in [0.15, 0.2) is 17.3 Å². The van der Waals surface area contributed by atoms with Gasteiger partial charge in [-0.15, -0.1) is 0 Å². The van der Waals surface area contributed by atoms with Gasteiger partial charge in [-0.3, -0.25) is 24.0 Å². The molecule has 3 rings (SSSR count). The lowest BCUT2D eigenvalue weighted by Crippen LogP contribution is -2.26. The van der Waals surface area contributed by atoms with E-state index in [4.69, 9.17) is 0 Å². The van der Waals surface area contributed by atoms with Gasteiger partial charge in [-0.1, -0.05) is 24.8 Å². The first kappa shape index (κ1) is 20.9. The normalized spacial score (nSPS) is 12.2. The fraction of sp³-hybridized carbons (Fsp3) is 0.227. The molecule has 0 heterocycles. The van der Waals surface area contributed by atoms with Crippen molar-refractivity contribution >= 4 is 29.1 Å². The molecular weight excluding hydrogens is 392 g/mol. The summed E-state index contributed by atoms with van der Waals surface area (Å²) in [6.07, 6.45) is -1.01. The number of benzene rings is 2. The maximum Gasteiger partial charge on any atom is 0.310 e. The van der Waals surface area contributed by atoms with Gasteiger partial charge in [0.1, 0.15) is 11.5 Å². The van der Waals surface area contributed by atoms with Crippen LogP contribution >= 0.6 is 0 Å². The van der Waals surface area contributed by atoms with E-state index in [1.54, 1.807) is 6.92 Å². The molecule has 2 aromatic carbocycles. The molecule has 1 aliphatic carbocycles. The molecule has 1 aliphatic rings. The fourth-order valence-corrected chi connectivity index (χ4v) is 3.42. The summed E-state index contributed by atoms with van der Waals surface area (Å²) in [6.45, 7) is 1.55. The van der Waals surface area contributed by atoms with E-state index < -0.39 is 64.6 Å². The van der Waals surface area contributed by atoms with Crippen molar-refractivity contribution in [3.63, 3.8) is 0 Å². The van der Waals surface area contributed by atoms with Crippen LogP contribution in [0.1, 0.15) is 67.5 Å². The van der Waals surface area contributed by atoms with Crippen LogP contribution in [0.3, 0.4) is 0 Å². The van der Waals surface area contributed by atoms with E-state index in [0.717, 1.165) is 13.2 Å². The van der Waals surface area contributed by atoms with Gasteiger partial charge in [0.05, 0.1) is 25.5 Å². The molecule has 8 heteroatoms. The standard InChI is InChI=1S/C22H18O8/c1-3-11(23)9-15(25)17-10(8-16(26)30-2)7-13-19(21(17)28)22(29)18-12(20(13)27)5-4-6-14(18)24/h4-7,24,28H,3,8-9H2,1-2H3/p-1. The zero-order chi connectivity index (χ0) is 22.2. The minimum absolute atomic E-state index is 0.0653. The van der Waals surface area contributed by atoms with E-state index in [9.17, 15) is 34.2 Å². The van der Waals surface area contributed by atoms with Gasteiger partial charge in [-0.05, 0) is 17.7 Å². The van der Waals surface area contributed by atoms with Gasteiger partial charge in [-0.25, -0.2) is 0 Å². The highest BCUT2D eigenvalue weighted by Crippen LogP contribution is 2.39. The molecule has 0 unspecified atom stereocenters. The molecule has 0 amide bonds. The van der Waals surface area contributed by atoms with E-state index in [1.165, 1.54) is 18.2 Å². The molecule has 1 N–H and O–H groups in total. The predicted octanol–water partition coefficient (Wildman–Crippen LogP) is 1.51. The number of phenolic OH excluding ortho intramolecular Hbond substituents is 1. The van der Waals surface area contributed by atoms with Crippen LogP contribution in [0.25, 0.3) is 0 Å². The number of esters is 1. The Morgan fingerprint density at radius 3 is 2.40 bits per heavy atom. The van der Waals surface area contributed by atoms with Gasteiger partial charge < -0.3 is 14.9 Å². The van der Waals surface area contributed by atoms with Crippen molar-refractivity contribution in [3.8, 4) is 11.5 Å². The van der Waals surface area contributed by atoms with Crippen LogP contribution < -0.4 is 5.11 Å². The van der Waals surface area contributed by atoms with Crippen molar-refractivity contribution < 1.29 is 38.9 Å². The number of Topliss-reactive ketones (excluding diaryl/α,β-unsaturated/α-hetero) is 2. The zero-order valence-electron chi connectivity index (χ0n) is 16.2. The molecule has 0 radical (unpaired) electrons. The number of hydrogen-bond acceptors (Lipinski definition) is 8. The molecule has 30 heavy (non-hydrogen) atoms. The van der Waals surface area contributed by atoms with E-state index in [2.05, 4.69) is 4.74 Å². The highest BCUT2D eigenvalue weighted by molar-refractivity contribution is 6.31. The SMILES string of the molecule is CCC(=O)CC(=O)c1c(CC(=O)OC)cc2c(c1[O-])C(=O)c1c(O)cccc1C2=O. The monoisotopic (exact) mass is 409 g/mol. The number of ether oxygens (including phenoxy) is 1. The molecule has 0 aromatic heterocycles. The van der Waals surface area contributed by atoms with E-state index >= 15 is 0 Å². The van der Waals surface area contributed by atoms with Gasteiger partial charge in [0.2, 0.25) is 0 Å². The molecule has 8 nitrogen and oxygen atoms in total. The lowest BCUT2D eigenvalue weighted by Gasteiger charge is -2.27.